The van der Waals surface area contributed by atoms with Crippen molar-refractivity contribution in [1.82, 2.24) is 20.4 Å². The van der Waals surface area contributed by atoms with Crippen molar-refractivity contribution in [3.05, 3.63) is 54.6 Å². The van der Waals surface area contributed by atoms with Gasteiger partial charge in [-0.05, 0) is 45.1 Å². The molecule has 0 spiro atoms. The van der Waals surface area contributed by atoms with Crippen molar-refractivity contribution >= 4 is 18.3 Å². The van der Waals surface area contributed by atoms with E-state index in [-0.39, 0.29) is 60.9 Å². The highest BCUT2D eigenvalue weighted by atomic mass is 16.5. The third-order valence-corrected chi connectivity index (χ3v) is 6.21. The summed E-state index contributed by atoms with van der Waals surface area (Å²) in [4.78, 5) is 39.6. The van der Waals surface area contributed by atoms with E-state index in [1.807, 2.05) is 84.8 Å². The summed E-state index contributed by atoms with van der Waals surface area (Å²) in [7, 11) is 3.88. The van der Waals surface area contributed by atoms with Crippen molar-refractivity contribution < 1.29 is 24.2 Å². The van der Waals surface area contributed by atoms with Gasteiger partial charge in [0, 0.05) is 31.6 Å². The fraction of sp³-hybridized carbons (Fsp3) is 0.567. The zero-order valence-electron chi connectivity index (χ0n) is 25.0. The summed E-state index contributed by atoms with van der Waals surface area (Å²) < 4.78 is 5.71. The second-order valence-electron chi connectivity index (χ2n) is 9.01. The van der Waals surface area contributed by atoms with Crippen molar-refractivity contribution in [2.45, 2.75) is 66.2 Å². The molecule has 0 radical (unpaired) electrons. The maximum Gasteiger partial charge on any atom is 0.314 e. The average molecular weight is 547 g/mol. The Hall–Kier alpha value is -3.17. The minimum absolute atomic E-state index is 0.0211. The van der Waals surface area contributed by atoms with Gasteiger partial charge in [0.1, 0.15) is 5.75 Å². The van der Waals surface area contributed by atoms with Gasteiger partial charge >= 0.3 is 6.03 Å². The molecule has 2 aliphatic rings. The second-order valence-corrected chi connectivity index (χ2v) is 9.01. The number of ether oxygens (including phenoxy) is 1. The number of amides is 4. The van der Waals surface area contributed by atoms with Crippen molar-refractivity contribution in [3.8, 4) is 5.75 Å². The minimum atomic E-state index is -0.371. The molecular formula is C30H50N4O5. The summed E-state index contributed by atoms with van der Waals surface area (Å²) in [5.74, 6) is -0.403. The monoisotopic (exact) mass is 546 g/mol. The van der Waals surface area contributed by atoms with Gasteiger partial charge in [0.25, 0.3) is 0 Å². The van der Waals surface area contributed by atoms with Gasteiger partial charge in [-0.3, -0.25) is 14.5 Å². The maximum atomic E-state index is 12.8. The quantitative estimate of drug-likeness (QED) is 0.302. The van der Waals surface area contributed by atoms with E-state index < -0.39 is 0 Å². The molecule has 3 rings (SSSR count). The highest BCUT2D eigenvalue weighted by Crippen LogP contribution is 2.39. The minimum Gasteiger partial charge on any atom is -0.508 e. The highest BCUT2D eigenvalue weighted by Gasteiger charge is 2.48. The number of allylic oxidation sites excluding steroid dienone is 1. The van der Waals surface area contributed by atoms with Gasteiger partial charge in [-0.2, -0.15) is 0 Å². The van der Waals surface area contributed by atoms with Gasteiger partial charge in [-0.15, -0.1) is 6.58 Å². The number of carbonyl (C=O) groups excluding carboxylic acids is 3. The van der Waals surface area contributed by atoms with Crippen molar-refractivity contribution in [3.63, 3.8) is 0 Å². The molecule has 9 nitrogen and oxygen atoms in total. The highest BCUT2D eigenvalue weighted by molar-refractivity contribution is 5.89. The van der Waals surface area contributed by atoms with E-state index in [1.165, 1.54) is 0 Å². The van der Waals surface area contributed by atoms with E-state index in [4.69, 9.17) is 4.74 Å². The molecule has 2 aliphatic heterocycles. The van der Waals surface area contributed by atoms with Crippen LogP contribution >= 0.6 is 0 Å². The number of fused-ring (bicyclic) bond motifs is 2. The maximum absolute atomic E-state index is 12.8. The first-order valence-corrected chi connectivity index (χ1v) is 13.8. The first-order chi connectivity index (χ1) is 18.7. The number of nitrogens with zero attached hydrogens (tertiary/aromatic N) is 2. The van der Waals surface area contributed by atoms with Crippen molar-refractivity contribution in [1.29, 1.82) is 0 Å². The number of benzene rings is 1. The van der Waals surface area contributed by atoms with Crippen molar-refractivity contribution in [2.24, 2.45) is 11.8 Å². The van der Waals surface area contributed by atoms with Gasteiger partial charge in [0.2, 0.25) is 12.3 Å². The number of nitrogens with one attached hydrogen (secondary N) is 2. The Labute approximate surface area is 235 Å². The van der Waals surface area contributed by atoms with Gasteiger partial charge in [-0.25, -0.2) is 4.79 Å². The molecule has 1 saturated heterocycles. The lowest BCUT2D eigenvalue weighted by Crippen LogP contribution is -2.48. The second kappa shape index (κ2) is 19.8. The predicted molar refractivity (Wildman–Crippen MR) is 157 cm³/mol. The number of phenols is 1. The van der Waals surface area contributed by atoms with Gasteiger partial charge in [-0.1, -0.05) is 65.0 Å². The molecular weight excluding hydrogens is 496 g/mol. The molecule has 0 aliphatic carbocycles. The fourth-order valence-corrected chi connectivity index (χ4v) is 4.17. The Morgan fingerprint density at radius 1 is 1.08 bits per heavy atom. The molecule has 3 N–H and O–H groups in total. The standard InChI is InChI=1S/C23H32N4O5.C3H6.2C2H6/c1-15-19-8-9-20(32-19)21(15)22(30)27(14-28)11-10-24-23(31)25-13-17(26(2)3)12-16-4-6-18(29)7-5-16;1-3-2;2*1-2/h4-9,14-15,17,19-21,29H,10-13H2,1-3H3,(H2,24,25,31);3H,1H2,2H3;2*1-2H3. The molecule has 1 fully saturated rings. The average Bonchev–Trinajstić information content (AvgIpc) is 3.54. The van der Waals surface area contributed by atoms with E-state index in [0.29, 0.717) is 19.4 Å². The van der Waals surface area contributed by atoms with E-state index in [0.717, 1.165) is 10.5 Å². The van der Waals surface area contributed by atoms with Crippen LogP contribution in [0.15, 0.2) is 49.1 Å². The number of phenolic OH excluding ortho intramolecular Hbond substituents is 1. The van der Waals surface area contributed by atoms with Crippen molar-refractivity contribution in [2.75, 3.05) is 33.7 Å². The third-order valence-electron chi connectivity index (χ3n) is 6.21. The van der Waals surface area contributed by atoms with Gasteiger partial charge in [0.15, 0.2) is 0 Å². The molecule has 9 heteroatoms. The number of hydrogen-bond donors (Lipinski definition) is 3. The summed E-state index contributed by atoms with van der Waals surface area (Å²) in [5, 5.41) is 15.0. The number of urea groups is 1. The van der Waals surface area contributed by atoms with Crippen LogP contribution in [-0.4, -0.2) is 85.2 Å². The zero-order chi connectivity index (χ0) is 30.0. The van der Waals surface area contributed by atoms with Crippen LogP contribution in [0.3, 0.4) is 0 Å². The molecule has 5 atom stereocenters. The van der Waals surface area contributed by atoms with E-state index >= 15 is 0 Å². The number of carbonyl (C=O) groups is 3. The SMILES string of the molecule is C=CC.CC.CC.CC1C2C=CC(O2)C1C(=O)N(C=O)CCNC(=O)NCC(Cc1ccc(O)cc1)N(C)C. The van der Waals surface area contributed by atoms with Gasteiger partial charge < -0.3 is 25.4 Å². The number of rotatable bonds is 10. The third kappa shape index (κ3) is 11.6. The smallest absolute Gasteiger partial charge is 0.314 e. The lowest BCUT2D eigenvalue weighted by Gasteiger charge is -2.26. The van der Waals surface area contributed by atoms with Crippen LogP contribution in [0.25, 0.3) is 0 Å². The molecule has 1 aromatic rings. The Balaban J connectivity index is 0.00000189. The van der Waals surface area contributed by atoms with Gasteiger partial charge in [0.05, 0.1) is 18.1 Å². The molecule has 4 amide bonds. The van der Waals surface area contributed by atoms with Crippen LogP contribution in [0.4, 0.5) is 4.79 Å². The molecule has 0 saturated carbocycles. The van der Waals surface area contributed by atoms with Crippen LogP contribution < -0.4 is 10.6 Å². The summed E-state index contributed by atoms with van der Waals surface area (Å²) in [6.45, 7) is 15.9. The van der Waals surface area contributed by atoms with Crippen LogP contribution in [-0.2, 0) is 20.7 Å². The van der Waals surface area contributed by atoms with E-state index in [2.05, 4.69) is 17.2 Å². The lowest BCUT2D eigenvalue weighted by atomic mass is 9.83. The molecule has 1 aromatic carbocycles. The molecule has 0 aromatic heterocycles. The normalized spacial score (nSPS) is 20.6. The molecule has 2 heterocycles. The Kier molecular flexibility index (Phi) is 18.2. The molecule has 220 valence electrons. The number of aromatic hydroxyl groups is 1. The molecule has 2 bridgehead atoms. The van der Waals surface area contributed by atoms with Crippen LogP contribution in [0, 0.1) is 11.8 Å². The Morgan fingerprint density at radius 2 is 1.64 bits per heavy atom. The lowest BCUT2D eigenvalue weighted by molar-refractivity contribution is -0.142. The summed E-state index contributed by atoms with van der Waals surface area (Å²) >= 11 is 0. The van der Waals surface area contributed by atoms with E-state index in [1.54, 1.807) is 18.2 Å². The zero-order valence-corrected chi connectivity index (χ0v) is 25.0. The molecule has 5 unspecified atom stereocenters. The predicted octanol–water partition coefficient (Wildman–Crippen LogP) is 3.98. The first-order valence-electron chi connectivity index (χ1n) is 13.8. The summed E-state index contributed by atoms with van der Waals surface area (Å²) in [6, 6.07) is 6.69. The number of imide groups is 1. The Bertz CT molecular complexity index is 888. The van der Waals surface area contributed by atoms with Crippen LogP contribution in [0.2, 0.25) is 0 Å². The number of hydrogen-bond acceptors (Lipinski definition) is 6. The molecule has 39 heavy (non-hydrogen) atoms. The Morgan fingerprint density at radius 3 is 2.13 bits per heavy atom. The largest absolute Gasteiger partial charge is 0.508 e. The fourth-order valence-electron chi connectivity index (χ4n) is 4.17. The topological polar surface area (TPSA) is 111 Å². The number of likely N-dealkylation sites (N-methyl/N-ethyl adjacent to an activating group) is 1. The summed E-state index contributed by atoms with van der Waals surface area (Å²) in [5.41, 5.74) is 1.05. The first kappa shape index (κ1) is 35.8. The van der Waals surface area contributed by atoms with Crippen LogP contribution in [0.1, 0.15) is 47.1 Å². The van der Waals surface area contributed by atoms with Crippen LogP contribution in [0.5, 0.6) is 5.75 Å². The summed E-state index contributed by atoms with van der Waals surface area (Å²) in [6.07, 6.45) is 6.46. The van der Waals surface area contributed by atoms with E-state index in [9.17, 15) is 19.5 Å².